The van der Waals surface area contributed by atoms with Crippen molar-refractivity contribution in [2.24, 2.45) is 0 Å². The van der Waals surface area contributed by atoms with E-state index in [2.05, 4.69) is 5.38 Å². The van der Waals surface area contributed by atoms with Crippen LogP contribution in [0.4, 0.5) is 0 Å². The molecule has 2 heteroatoms. The monoisotopic (exact) mass is 148 g/mol. The Hall–Kier alpha value is 0.284. The van der Waals surface area contributed by atoms with Gasteiger partial charge in [0.05, 0.1) is 0 Å². The summed E-state index contributed by atoms with van der Waals surface area (Å²) in [5.41, 5.74) is 1.24. The van der Waals surface area contributed by atoms with Crippen molar-refractivity contribution in [3.63, 3.8) is 0 Å². The Labute approximate surface area is 59.4 Å². The van der Waals surface area contributed by atoms with Gasteiger partial charge in [0.15, 0.2) is 0 Å². The number of hydrogen-bond acceptors (Lipinski definition) is 1. The Morgan fingerprint density at radius 3 is 2.57 bits per heavy atom. The Morgan fingerprint density at radius 1 is 1.71 bits per heavy atom. The molecule has 1 heterocycles. The number of aryl methyl sites for hydroxylation is 1. The minimum atomic E-state index is 0. The Bertz CT molecular complexity index is 112. The van der Waals surface area contributed by atoms with Crippen molar-refractivity contribution >= 4 is 11.3 Å². The van der Waals surface area contributed by atoms with Crippen LogP contribution in [0.3, 0.4) is 0 Å². The van der Waals surface area contributed by atoms with Crippen molar-refractivity contribution in [1.29, 1.82) is 0 Å². The molecule has 0 N–H and O–H groups in total. The van der Waals surface area contributed by atoms with Gasteiger partial charge in [-0.1, -0.05) is 6.92 Å². The third-order valence-electron chi connectivity index (χ3n) is 0.606. The molecule has 7 heavy (non-hydrogen) atoms. The summed E-state index contributed by atoms with van der Waals surface area (Å²) in [7, 11) is 0. The van der Waals surface area contributed by atoms with E-state index in [0.29, 0.717) is 0 Å². The fourth-order valence-electron chi connectivity index (χ4n) is 0.297. The minimum Gasteiger partial charge on any atom is -0.304 e. The molecule has 0 nitrogen and oxygen atoms in total. The van der Waals surface area contributed by atoms with Crippen LogP contribution in [-0.4, -0.2) is 0 Å². The number of rotatable bonds is 0. The van der Waals surface area contributed by atoms with Crippen LogP contribution in [0.1, 0.15) is 5.56 Å². The molecule has 1 aromatic heterocycles. The third-order valence-corrected chi connectivity index (χ3v) is 1.32. The second-order valence-corrected chi connectivity index (χ2v) is 1.92. The minimum absolute atomic E-state index is 0. The van der Waals surface area contributed by atoms with Gasteiger partial charge in [0, 0.05) is 18.6 Å². The van der Waals surface area contributed by atoms with E-state index >= 15 is 0 Å². The largest absolute Gasteiger partial charge is 0.304 e. The van der Waals surface area contributed by atoms with Crippen molar-refractivity contribution in [2.75, 3.05) is 0 Å². The average molecular weight is 148 g/mol. The summed E-state index contributed by atoms with van der Waals surface area (Å²) in [6.07, 6.45) is 0. The first-order valence-electron chi connectivity index (χ1n) is 1.81. The van der Waals surface area contributed by atoms with E-state index in [1.165, 1.54) is 5.56 Å². The van der Waals surface area contributed by atoms with Gasteiger partial charge in [0.1, 0.15) is 0 Å². The predicted octanol–water partition coefficient (Wildman–Crippen LogP) is 1.85. The fourth-order valence-corrected chi connectivity index (χ4v) is 0.891. The SMILES string of the molecule is Cc1[c-]scc1.[V]. The summed E-state index contributed by atoms with van der Waals surface area (Å²) in [4.78, 5) is 0. The normalized spacial score (nSPS) is 7.57. The topological polar surface area (TPSA) is 0 Å². The van der Waals surface area contributed by atoms with Gasteiger partial charge in [-0.2, -0.15) is 10.9 Å². The smallest absolute Gasteiger partial charge is 0 e. The van der Waals surface area contributed by atoms with Gasteiger partial charge in [-0.3, -0.25) is 0 Å². The van der Waals surface area contributed by atoms with Crippen LogP contribution in [0.15, 0.2) is 11.4 Å². The first-order chi connectivity index (χ1) is 2.89. The van der Waals surface area contributed by atoms with E-state index in [1.54, 1.807) is 11.3 Å². The summed E-state index contributed by atoms with van der Waals surface area (Å²) < 4.78 is 0. The Morgan fingerprint density at radius 2 is 2.43 bits per heavy atom. The molecule has 0 aromatic carbocycles. The quantitative estimate of drug-likeness (QED) is 0.492. The molecule has 0 bridgehead atoms. The van der Waals surface area contributed by atoms with Gasteiger partial charge >= 0.3 is 0 Å². The van der Waals surface area contributed by atoms with Crippen LogP contribution in [0, 0.1) is 12.3 Å². The van der Waals surface area contributed by atoms with Gasteiger partial charge in [-0.05, 0) is 0 Å². The maximum absolute atomic E-state index is 3.04. The second kappa shape index (κ2) is 3.31. The van der Waals surface area contributed by atoms with Crippen molar-refractivity contribution in [1.82, 2.24) is 0 Å². The standard InChI is InChI=1S/C5H5S.V/c1-5-2-3-6-4-5;/h2-3H,1H3;/q-1;. The fraction of sp³-hybridized carbons (Fsp3) is 0.200. The van der Waals surface area contributed by atoms with Gasteiger partial charge < -0.3 is 11.3 Å². The molecule has 1 aromatic rings. The number of hydrogen-bond donors (Lipinski definition) is 0. The van der Waals surface area contributed by atoms with Gasteiger partial charge in [-0.15, -0.1) is 5.38 Å². The van der Waals surface area contributed by atoms with Crippen molar-refractivity contribution in [3.8, 4) is 0 Å². The van der Waals surface area contributed by atoms with E-state index in [1.807, 2.05) is 18.4 Å². The summed E-state index contributed by atoms with van der Waals surface area (Å²) in [6, 6.07) is 2.05. The summed E-state index contributed by atoms with van der Waals surface area (Å²) in [5.74, 6) is 0. The van der Waals surface area contributed by atoms with Crippen molar-refractivity contribution < 1.29 is 18.6 Å². The molecule has 1 rings (SSSR count). The summed E-state index contributed by atoms with van der Waals surface area (Å²) in [6.45, 7) is 2.04. The Kier molecular flexibility index (Phi) is 3.44. The van der Waals surface area contributed by atoms with Crippen LogP contribution in [0.2, 0.25) is 0 Å². The molecular weight excluding hydrogens is 143 g/mol. The molecule has 0 amide bonds. The maximum Gasteiger partial charge on any atom is 0 e. The zero-order valence-corrected chi connectivity index (χ0v) is 6.22. The van der Waals surface area contributed by atoms with E-state index in [-0.39, 0.29) is 18.6 Å². The van der Waals surface area contributed by atoms with Gasteiger partial charge in [-0.25, -0.2) is 6.07 Å². The molecule has 0 fully saturated rings. The van der Waals surface area contributed by atoms with Crippen LogP contribution in [0.5, 0.6) is 0 Å². The number of thiophene rings is 1. The molecule has 0 saturated heterocycles. The predicted molar refractivity (Wildman–Crippen MR) is 27.9 cm³/mol. The first kappa shape index (κ1) is 7.28. The van der Waals surface area contributed by atoms with E-state index < -0.39 is 0 Å². The van der Waals surface area contributed by atoms with Gasteiger partial charge in [0.2, 0.25) is 0 Å². The molecule has 1 radical (unpaired) electrons. The van der Waals surface area contributed by atoms with E-state index in [9.17, 15) is 0 Å². The molecule has 0 unspecified atom stereocenters. The van der Waals surface area contributed by atoms with E-state index in [4.69, 9.17) is 0 Å². The van der Waals surface area contributed by atoms with Crippen molar-refractivity contribution in [2.45, 2.75) is 6.92 Å². The van der Waals surface area contributed by atoms with Gasteiger partial charge in [0.25, 0.3) is 0 Å². The molecule has 0 aliphatic carbocycles. The second-order valence-electron chi connectivity index (χ2n) is 1.21. The van der Waals surface area contributed by atoms with E-state index in [0.717, 1.165) is 0 Å². The first-order valence-corrected chi connectivity index (χ1v) is 2.69. The summed E-state index contributed by atoms with van der Waals surface area (Å²) in [5, 5.41) is 5.06. The molecule has 37 valence electrons. The van der Waals surface area contributed by atoms with Crippen molar-refractivity contribution in [3.05, 3.63) is 22.4 Å². The van der Waals surface area contributed by atoms with Crippen LogP contribution < -0.4 is 0 Å². The maximum atomic E-state index is 3.04. The molecular formula is C5H5SV-. The molecule has 0 atom stereocenters. The zero-order chi connectivity index (χ0) is 4.41. The summed E-state index contributed by atoms with van der Waals surface area (Å²) >= 11 is 1.61. The zero-order valence-electron chi connectivity index (χ0n) is 4.01. The molecule has 0 aliphatic rings. The van der Waals surface area contributed by atoms with Crippen LogP contribution >= 0.6 is 11.3 Å². The van der Waals surface area contributed by atoms with Crippen LogP contribution in [0.25, 0.3) is 0 Å². The molecule has 0 aliphatic heterocycles. The molecule has 0 saturated carbocycles. The third kappa shape index (κ3) is 2.17. The average Bonchev–Trinajstić information content (AvgIpc) is 1.86. The molecule has 0 spiro atoms. The Balaban J connectivity index is 0.000000360. The van der Waals surface area contributed by atoms with Crippen LogP contribution in [-0.2, 0) is 18.6 Å².